The summed E-state index contributed by atoms with van der Waals surface area (Å²) in [7, 11) is 0. The topological polar surface area (TPSA) is 85.3 Å². The smallest absolute Gasteiger partial charge is 0.308 e. The third kappa shape index (κ3) is 2.07. The summed E-state index contributed by atoms with van der Waals surface area (Å²) in [6, 6.07) is 6.19. The number of nitrogens with zero attached hydrogens (tertiary/aromatic N) is 4. The summed E-state index contributed by atoms with van der Waals surface area (Å²) in [5.74, 6) is 0.0207. The normalized spacial score (nSPS) is 18.3. The van der Waals surface area contributed by atoms with Gasteiger partial charge in [-0.15, -0.1) is 0 Å². The van der Waals surface area contributed by atoms with E-state index in [1.54, 1.807) is 23.3 Å². The van der Waals surface area contributed by atoms with E-state index in [0.29, 0.717) is 18.0 Å². The molecule has 1 atom stereocenters. The fourth-order valence-corrected chi connectivity index (χ4v) is 2.56. The Labute approximate surface area is 125 Å². The predicted octanol–water partition coefficient (Wildman–Crippen LogP) is 1.87. The van der Waals surface area contributed by atoms with Crippen molar-refractivity contribution in [1.29, 1.82) is 0 Å². The molecule has 0 bridgehead atoms. The number of hydrazone groups is 1. The second-order valence-corrected chi connectivity index (χ2v) is 5.29. The van der Waals surface area contributed by atoms with Crippen molar-refractivity contribution in [3.8, 4) is 6.01 Å². The maximum atomic E-state index is 11.3. The molecule has 1 aliphatic heterocycles. The number of oxazole rings is 1. The zero-order valence-electron chi connectivity index (χ0n) is 11.9. The lowest BCUT2D eigenvalue weighted by molar-refractivity contribution is -0.121. The van der Waals surface area contributed by atoms with E-state index in [-0.39, 0.29) is 11.8 Å². The number of carbonyl (C=O) groups is 1. The van der Waals surface area contributed by atoms with E-state index in [1.165, 1.54) is 0 Å². The highest BCUT2D eigenvalue weighted by molar-refractivity contribution is 6.07. The molecule has 0 radical (unpaired) electrons. The molecule has 0 saturated heterocycles. The van der Waals surface area contributed by atoms with Crippen molar-refractivity contribution in [2.75, 3.05) is 0 Å². The first-order valence-corrected chi connectivity index (χ1v) is 6.96. The molecule has 1 aliphatic rings. The van der Waals surface area contributed by atoms with Crippen molar-refractivity contribution in [2.24, 2.45) is 11.0 Å². The summed E-state index contributed by atoms with van der Waals surface area (Å²) in [5.41, 5.74) is 5.76. The van der Waals surface area contributed by atoms with Gasteiger partial charge in [-0.1, -0.05) is 6.92 Å². The van der Waals surface area contributed by atoms with Gasteiger partial charge in [0, 0.05) is 30.3 Å². The number of carbonyl (C=O) groups excluding carboxylic acids is 1. The minimum absolute atomic E-state index is 0.0545. The lowest BCUT2D eigenvalue weighted by Gasteiger charge is -2.18. The first-order valence-electron chi connectivity index (χ1n) is 6.96. The van der Waals surface area contributed by atoms with Crippen LogP contribution in [0.3, 0.4) is 0 Å². The van der Waals surface area contributed by atoms with E-state index in [4.69, 9.17) is 4.42 Å². The highest BCUT2D eigenvalue weighted by Gasteiger charge is 2.22. The van der Waals surface area contributed by atoms with Crippen LogP contribution >= 0.6 is 0 Å². The number of benzene rings is 1. The van der Waals surface area contributed by atoms with Crippen LogP contribution in [0.25, 0.3) is 17.1 Å². The summed E-state index contributed by atoms with van der Waals surface area (Å²) in [4.78, 5) is 19.8. The molecule has 22 heavy (non-hydrogen) atoms. The van der Waals surface area contributed by atoms with E-state index < -0.39 is 0 Å². The molecule has 0 saturated carbocycles. The minimum atomic E-state index is -0.0545. The maximum absolute atomic E-state index is 11.3. The zero-order chi connectivity index (χ0) is 15.1. The van der Waals surface area contributed by atoms with Crippen LogP contribution in [0.5, 0.6) is 0 Å². The average Bonchev–Trinajstić information content (AvgIpc) is 3.15. The number of nitrogens with one attached hydrogen (secondary N) is 1. The van der Waals surface area contributed by atoms with E-state index in [0.717, 1.165) is 16.8 Å². The SMILES string of the molecule is CC1CC(=O)NN=C1c1ccc2oc(-n3ccnc3)nc2c1. The van der Waals surface area contributed by atoms with Crippen molar-refractivity contribution in [3.63, 3.8) is 0 Å². The fourth-order valence-electron chi connectivity index (χ4n) is 2.56. The standard InChI is InChI=1S/C15H13N5O2/c1-9-6-13(21)18-19-14(9)10-2-3-12-11(7-10)17-15(22-12)20-5-4-16-8-20/h2-5,7-9H,6H2,1H3,(H,18,21). The van der Waals surface area contributed by atoms with Crippen molar-refractivity contribution >= 4 is 22.7 Å². The van der Waals surface area contributed by atoms with E-state index in [2.05, 4.69) is 20.5 Å². The van der Waals surface area contributed by atoms with Crippen LogP contribution in [0, 0.1) is 5.92 Å². The molecule has 3 aromatic rings. The Hall–Kier alpha value is -2.96. The summed E-state index contributed by atoms with van der Waals surface area (Å²) in [5, 5.41) is 4.17. The third-order valence-corrected chi connectivity index (χ3v) is 3.66. The molecule has 1 aromatic carbocycles. The Bertz CT molecular complexity index is 879. The monoisotopic (exact) mass is 295 g/mol. The average molecular weight is 295 g/mol. The lowest BCUT2D eigenvalue weighted by Crippen LogP contribution is -2.31. The quantitative estimate of drug-likeness (QED) is 0.782. The Kier molecular flexibility index (Phi) is 2.78. The highest BCUT2D eigenvalue weighted by Crippen LogP contribution is 2.23. The Morgan fingerprint density at radius 3 is 3.09 bits per heavy atom. The Balaban J connectivity index is 1.76. The maximum Gasteiger partial charge on any atom is 0.308 e. The van der Waals surface area contributed by atoms with Gasteiger partial charge in [0.15, 0.2) is 5.58 Å². The second-order valence-electron chi connectivity index (χ2n) is 5.29. The number of hydrogen-bond donors (Lipinski definition) is 1. The number of rotatable bonds is 2. The van der Waals surface area contributed by atoms with Crippen molar-refractivity contribution in [3.05, 3.63) is 42.5 Å². The molecule has 7 heteroatoms. The number of fused-ring (bicyclic) bond motifs is 1. The molecule has 1 amide bonds. The number of hydrogen-bond acceptors (Lipinski definition) is 5. The fraction of sp³-hybridized carbons (Fsp3) is 0.200. The van der Waals surface area contributed by atoms with Crippen LogP contribution in [-0.2, 0) is 4.79 Å². The predicted molar refractivity (Wildman–Crippen MR) is 79.6 cm³/mol. The van der Waals surface area contributed by atoms with Crippen LogP contribution in [0.15, 0.2) is 46.4 Å². The van der Waals surface area contributed by atoms with Crippen LogP contribution in [0.2, 0.25) is 0 Å². The second kappa shape index (κ2) is 4.80. The number of amides is 1. The minimum Gasteiger partial charge on any atom is -0.423 e. The molecule has 0 fully saturated rings. The van der Waals surface area contributed by atoms with Crippen LogP contribution in [0.4, 0.5) is 0 Å². The van der Waals surface area contributed by atoms with Gasteiger partial charge in [0.05, 0.1) is 5.71 Å². The first-order chi connectivity index (χ1) is 10.7. The van der Waals surface area contributed by atoms with Crippen molar-refractivity contribution < 1.29 is 9.21 Å². The van der Waals surface area contributed by atoms with E-state index in [1.807, 2.05) is 25.1 Å². The van der Waals surface area contributed by atoms with Gasteiger partial charge in [-0.25, -0.2) is 10.4 Å². The van der Waals surface area contributed by atoms with Crippen LogP contribution in [-0.4, -0.2) is 26.2 Å². The molecule has 4 rings (SSSR count). The number of aromatic nitrogens is 3. The van der Waals surface area contributed by atoms with Crippen LogP contribution in [0.1, 0.15) is 18.9 Å². The highest BCUT2D eigenvalue weighted by atomic mass is 16.4. The van der Waals surface area contributed by atoms with Crippen molar-refractivity contribution in [2.45, 2.75) is 13.3 Å². The summed E-state index contributed by atoms with van der Waals surface area (Å²) >= 11 is 0. The van der Waals surface area contributed by atoms with Gasteiger partial charge >= 0.3 is 6.01 Å². The van der Waals surface area contributed by atoms with Gasteiger partial charge < -0.3 is 4.42 Å². The number of imidazole rings is 1. The first kappa shape index (κ1) is 12.8. The van der Waals surface area contributed by atoms with E-state index >= 15 is 0 Å². The molecule has 7 nitrogen and oxygen atoms in total. The molecular formula is C15H13N5O2. The molecule has 0 spiro atoms. The molecule has 2 aromatic heterocycles. The van der Waals surface area contributed by atoms with Gasteiger partial charge in [0.1, 0.15) is 11.8 Å². The molecule has 0 aliphatic carbocycles. The molecule has 1 unspecified atom stereocenters. The van der Waals surface area contributed by atoms with Gasteiger partial charge in [0.25, 0.3) is 0 Å². The summed E-state index contributed by atoms with van der Waals surface area (Å²) in [6.45, 7) is 1.99. The van der Waals surface area contributed by atoms with Crippen molar-refractivity contribution in [1.82, 2.24) is 20.0 Å². The van der Waals surface area contributed by atoms with Crippen LogP contribution < -0.4 is 5.43 Å². The van der Waals surface area contributed by atoms with E-state index in [9.17, 15) is 4.79 Å². The largest absolute Gasteiger partial charge is 0.423 e. The van der Waals surface area contributed by atoms with Gasteiger partial charge in [0.2, 0.25) is 5.91 Å². The molecule has 3 heterocycles. The Morgan fingerprint density at radius 2 is 2.32 bits per heavy atom. The molecule has 110 valence electrons. The Morgan fingerprint density at radius 1 is 1.41 bits per heavy atom. The van der Waals surface area contributed by atoms with Gasteiger partial charge in [-0.05, 0) is 18.2 Å². The zero-order valence-corrected chi connectivity index (χ0v) is 11.9. The van der Waals surface area contributed by atoms with Gasteiger partial charge in [-0.2, -0.15) is 10.1 Å². The molecule has 1 N–H and O–H groups in total. The third-order valence-electron chi connectivity index (χ3n) is 3.66. The summed E-state index contributed by atoms with van der Waals surface area (Å²) < 4.78 is 7.41. The lowest BCUT2D eigenvalue weighted by atomic mass is 9.94. The summed E-state index contributed by atoms with van der Waals surface area (Å²) in [6.07, 6.45) is 5.51. The van der Waals surface area contributed by atoms with Gasteiger partial charge in [-0.3, -0.25) is 9.36 Å². The molecular weight excluding hydrogens is 282 g/mol.